The van der Waals surface area contributed by atoms with Crippen LogP contribution in [0, 0.1) is 0 Å². The van der Waals surface area contributed by atoms with Gasteiger partial charge in [-0.25, -0.2) is 0 Å². The molecule has 4 nitrogen and oxygen atoms in total. The van der Waals surface area contributed by atoms with E-state index in [9.17, 15) is 0 Å². The molecule has 1 aliphatic heterocycles. The highest BCUT2D eigenvalue weighted by atomic mass is 16.7. The van der Waals surface area contributed by atoms with Crippen molar-refractivity contribution in [2.24, 2.45) is 0 Å². The van der Waals surface area contributed by atoms with Crippen molar-refractivity contribution in [1.82, 2.24) is 5.32 Å². The fraction of sp³-hybridized carbons (Fsp3) is 0.571. The molecule has 4 heteroatoms. The molecule has 0 aromatic heterocycles. The van der Waals surface area contributed by atoms with Gasteiger partial charge in [0.25, 0.3) is 0 Å². The summed E-state index contributed by atoms with van der Waals surface area (Å²) < 4.78 is 16.3. The number of hydrogen-bond donors (Lipinski definition) is 1. The highest BCUT2D eigenvalue weighted by Crippen LogP contribution is 2.32. The molecule has 100 valence electrons. The Morgan fingerprint density at radius 3 is 2.83 bits per heavy atom. The summed E-state index contributed by atoms with van der Waals surface area (Å²) >= 11 is 0. The lowest BCUT2D eigenvalue weighted by Gasteiger charge is -2.25. The van der Waals surface area contributed by atoms with Gasteiger partial charge in [-0.2, -0.15) is 0 Å². The van der Waals surface area contributed by atoms with Crippen LogP contribution in [0.5, 0.6) is 11.5 Å². The largest absolute Gasteiger partial charge is 0.454 e. The molecular weight excluding hydrogens is 230 g/mol. The fourth-order valence-corrected chi connectivity index (χ4v) is 2.00. The maximum atomic E-state index is 5.63. The predicted octanol–water partition coefficient (Wildman–Crippen LogP) is 2.32. The van der Waals surface area contributed by atoms with Crippen LogP contribution in [0.2, 0.25) is 0 Å². The molecule has 1 heterocycles. The molecule has 0 unspecified atom stereocenters. The van der Waals surface area contributed by atoms with Gasteiger partial charge in [-0.3, -0.25) is 0 Å². The highest BCUT2D eigenvalue weighted by molar-refractivity contribution is 5.44. The Morgan fingerprint density at radius 1 is 1.28 bits per heavy atom. The van der Waals surface area contributed by atoms with Gasteiger partial charge in [0.15, 0.2) is 11.5 Å². The maximum absolute atomic E-state index is 5.63. The van der Waals surface area contributed by atoms with Gasteiger partial charge in [0.05, 0.1) is 5.60 Å². The third-order valence-electron chi connectivity index (χ3n) is 2.85. The lowest BCUT2D eigenvalue weighted by atomic mass is 10.1. The summed E-state index contributed by atoms with van der Waals surface area (Å²) in [6.45, 7) is 8.86. The average Bonchev–Trinajstić information content (AvgIpc) is 2.75. The van der Waals surface area contributed by atoms with Crippen LogP contribution in [0.15, 0.2) is 18.2 Å². The Morgan fingerprint density at radius 2 is 2.06 bits per heavy atom. The fourth-order valence-electron chi connectivity index (χ4n) is 2.00. The van der Waals surface area contributed by atoms with Crippen molar-refractivity contribution in [1.29, 1.82) is 0 Å². The van der Waals surface area contributed by atoms with Crippen molar-refractivity contribution in [3.8, 4) is 11.5 Å². The van der Waals surface area contributed by atoms with E-state index in [-0.39, 0.29) is 5.60 Å². The third-order valence-corrected chi connectivity index (χ3v) is 2.85. The third kappa shape index (κ3) is 3.37. The summed E-state index contributed by atoms with van der Waals surface area (Å²) in [5, 5.41) is 3.40. The minimum Gasteiger partial charge on any atom is -0.454 e. The Kier molecular flexibility index (Phi) is 4.09. The zero-order valence-electron chi connectivity index (χ0n) is 11.3. The van der Waals surface area contributed by atoms with Gasteiger partial charge in [0.2, 0.25) is 6.79 Å². The molecule has 18 heavy (non-hydrogen) atoms. The second-order valence-electron chi connectivity index (χ2n) is 4.98. The van der Waals surface area contributed by atoms with Gasteiger partial charge in [-0.05, 0) is 38.5 Å². The maximum Gasteiger partial charge on any atom is 0.231 e. The summed E-state index contributed by atoms with van der Waals surface area (Å²) in [5.74, 6) is 1.66. The van der Waals surface area contributed by atoms with Crippen LogP contribution < -0.4 is 14.8 Å². The quantitative estimate of drug-likeness (QED) is 0.842. The van der Waals surface area contributed by atoms with Crippen LogP contribution in [0.25, 0.3) is 0 Å². The SMILES string of the molecule is CCOC(C)(C)CNCc1ccc2c(c1)OCO2. The summed E-state index contributed by atoms with van der Waals surface area (Å²) in [4.78, 5) is 0. The van der Waals surface area contributed by atoms with Crippen molar-refractivity contribution in [2.75, 3.05) is 19.9 Å². The molecule has 0 saturated heterocycles. The minimum absolute atomic E-state index is 0.134. The summed E-state index contributed by atoms with van der Waals surface area (Å²) in [7, 11) is 0. The number of ether oxygens (including phenoxy) is 3. The summed E-state index contributed by atoms with van der Waals surface area (Å²) in [6.07, 6.45) is 0. The number of rotatable bonds is 6. The van der Waals surface area contributed by atoms with Crippen molar-refractivity contribution in [2.45, 2.75) is 32.9 Å². The molecule has 1 aliphatic rings. The zero-order valence-corrected chi connectivity index (χ0v) is 11.3. The Balaban J connectivity index is 1.84. The van der Waals surface area contributed by atoms with Crippen LogP contribution in [-0.4, -0.2) is 25.5 Å². The van der Waals surface area contributed by atoms with E-state index >= 15 is 0 Å². The molecule has 0 saturated carbocycles. The van der Waals surface area contributed by atoms with Crippen molar-refractivity contribution >= 4 is 0 Å². The van der Waals surface area contributed by atoms with Crippen LogP contribution in [0.3, 0.4) is 0 Å². The molecule has 0 radical (unpaired) electrons. The van der Waals surface area contributed by atoms with Gasteiger partial charge in [0, 0.05) is 19.7 Å². The smallest absolute Gasteiger partial charge is 0.231 e. The van der Waals surface area contributed by atoms with Crippen LogP contribution in [0.4, 0.5) is 0 Å². The molecule has 0 atom stereocenters. The first kappa shape index (κ1) is 13.2. The van der Waals surface area contributed by atoms with Gasteiger partial charge in [-0.1, -0.05) is 6.07 Å². The molecule has 0 amide bonds. The second-order valence-corrected chi connectivity index (χ2v) is 4.98. The van der Waals surface area contributed by atoms with E-state index in [1.54, 1.807) is 0 Å². The molecule has 1 N–H and O–H groups in total. The normalized spacial score (nSPS) is 13.9. The predicted molar refractivity (Wildman–Crippen MR) is 70.0 cm³/mol. The Labute approximate surface area is 108 Å². The number of hydrogen-bond acceptors (Lipinski definition) is 4. The topological polar surface area (TPSA) is 39.7 Å². The summed E-state index contributed by atoms with van der Waals surface area (Å²) in [6, 6.07) is 6.02. The molecule has 0 aliphatic carbocycles. The van der Waals surface area contributed by atoms with E-state index in [0.29, 0.717) is 6.79 Å². The van der Waals surface area contributed by atoms with Crippen molar-refractivity contribution in [3.63, 3.8) is 0 Å². The molecule has 0 spiro atoms. The second kappa shape index (κ2) is 5.59. The first-order valence-corrected chi connectivity index (χ1v) is 6.34. The highest BCUT2D eigenvalue weighted by Gasteiger charge is 2.17. The van der Waals surface area contributed by atoms with Gasteiger partial charge in [-0.15, -0.1) is 0 Å². The number of benzene rings is 1. The lowest BCUT2D eigenvalue weighted by molar-refractivity contribution is -0.00897. The monoisotopic (exact) mass is 251 g/mol. The standard InChI is InChI=1S/C14H21NO3/c1-4-18-14(2,3)9-15-8-11-5-6-12-13(7-11)17-10-16-12/h5-7,15H,4,8-10H2,1-3H3. The summed E-state index contributed by atoms with van der Waals surface area (Å²) in [5.41, 5.74) is 1.05. The van der Waals surface area contributed by atoms with Crippen LogP contribution in [-0.2, 0) is 11.3 Å². The van der Waals surface area contributed by atoms with E-state index in [1.165, 1.54) is 5.56 Å². The van der Waals surface area contributed by atoms with Gasteiger partial charge >= 0.3 is 0 Å². The molecule has 1 aromatic carbocycles. The van der Waals surface area contributed by atoms with E-state index in [4.69, 9.17) is 14.2 Å². The number of fused-ring (bicyclic) bond motifs is 1. The zero-order chi connectivity index (χ0) is 13.0. The molecular formula is C14H21NO3. The lowest BCUT2D eigenvalue weighted by Crippen LogP contribution is -2.37. The van der Waals surface area contributed by atoms with Gasteiger partial charge in [0.1, 0.15) is 0 Å². The van der Waals surface area contributed by atoms with E-state index in [0.717, 1.165) is 31.2 Å². The Hall–Kier alpha value is -1.26. The average molecular weight is 251 g/mol. The van der Waals surface area contributed by atoms with Crippen molar-refractivity contribution in [3.05, 3.63) is 23.8 Å². The number of nitrogens with one attached hydrogen (secondary N) is 1. The van der Waals surface area contributed by atoms with E-state index < -0.39 is 0 Å². The molecule has 0 fully saturated rings. The van der Waals surface area contributed by atoms with Crippen LogP contribution in [0.1, 0.15) is 26.3 Å². The minimum atomic E-state index is -0.134. The van der Waals surface area contributed by atoms with Gasteiger partial charge < -0.3 is 19.5 Å². The molecule has 1 aromatic rings. The van der Waals surface area contributed by atoms with Crippen molar-refractivity contribution < 1.29 is 14.2 Å². The first-order valence-electron chi connectivity index (χ1n) is 6.34. The van der Waals surface area contributed by atoms with Crippen LogP contribution >= 0.6 is 0 Å². The molecule has 0 bridgehead atoms. The molecule has 2 rings (SSSR count). The van der Waals surface area contributed by atoms with E-state index in [1.807, 2.05) is 25.1 Å². The Bertz CT molecular complexity index is 404. The first-order chi connectivity index (χ1) is 8.61. The van der Waals surface area contributed by atoms with E-state index in [2.05, 4.69) is 19.2 Å².